The van der Waals surface area contributed by atoms with Crippen molar-refractivity contribution in [3.8, 4) is 0 Å². The minimum absolute atomic E-state index is 0.236. The second-order valence-electron chi connectivity index (χ2n) is 4.18. The Kier molecular flexibility index (Phi) is 3.72. The highest BCUT2D eigenvalue weighted by Crippen LogP contribution is 2.18. The van der Waals surface area contributed by atoms with E-state index in [9.17, 15) is 4.79 Å². The third-order valence-corrected chi connectivity index (χ3v) is 3.08. The summed E-state index contributed by atoms with van der Waals surface area (Å²) in [5.41, 5.74) is 0. The van der Waals surface area contributed by atoms with Gasteiger partial charge in [0.15, 0.2) is 0 Å². The molecule has 0 atom stereocenters. The molecule has 0 saturated heterocycles. The molecule has 0 aromatic carbocycles. The van der Waals surface area contributed by atoms with Gasteiger partial charge in [0.2, 0.25) is 0 Å². The van der Waals surface area contributed by atoms with Crippen LogP contribution in [0, 0.1) is 0 Å². The molecule has 0 amide bonds. The largest absolute Gasteiger partial charge is 0.370 e. The fraction of sp³-hybridized carbons (Fsp3) is 0.667. The molecule has 1 aliphatic carbocycles. The molecular weight excluding hydrogens is 204 g/mol. The molecule has 4 nitrogen and oxygen atoms in total. The zero-order valence-electron chi connectivity index (χ0n) is 9.69. The number of aromatic nitrogens is 2. The van der Waals surface area contributed by atoms with E-state index in [0.717, 1.165) is 25.2 Å². The number of hydrogen-bond acceptors (Lipinski definition) is 3. The molecule has 1 aliphatic rings. The maximum Gasteiger partial charge on any atom is 0.134 e. The van der Waals surface area contributed by atoms with Crippen LogP contribution in [-0.4, -0.2) is 21.4 Å². The van der Waals surface area contributed by atoms with Gasteiger partial charge in [-0.25, -0.2) is 4.98 Å². The Morgan fingerprint density at radius 3 is 2.94 bits per heavy atom. The first-order valence-electron chi connectivity index (χ1n) is 5.93. The average Bonchev–Trinajstić information content (AvgIpc) is 2.76. The molecule has 1 fully saturated rings. The summed E-state index contributed by atoms with van der Waals surface area (Å²) in [5.74, 6) is 1.34. The lowest BCUT2D eigenvalue weighted by atomic mass is 9.96. The van der Waals surface area contributed by atoms with E-state index in [1.54, 1.807) is 6.20 Å². The van der Waals surface area contributed by atoms with Crippen LogP contribution >= 0.6 is 0 Å². The second-order valence-corrected chi connectivity index (χ2v) is 4.18. The molecule has 0 bridgehead atoms. The standard InChI is InChI=1S/C12H18N2O2/c1-2-14-8-7-13-12(14)9-16-11-5-3-10(15)4-6-11/h7-8,11H,2-6,9H2,1H3. The lowest BCUT2D eigenvalue weighted by Crippen LogP contribution is -2.22. The predicted octanol–water partition coefficient (Wildman–Crippen LogP) is 1.93. The van der Waals surface area contributed by atoms with Crippen molar-refractivity contribution in [1.82, 2.24) is 9.55 Å². The van der Waals surface area contributed by atoms with Crippen molar-refractivity contribution in [3.05, 3.63) is 18.2 Å². The molecule has 0 aliphatic heterocycles. The van der Waals surface area contributed by atoms with E-state index in [0.29, 0.717) is 25.2 Å². The number of aryl methyl sites for hydroxylation is 1. The first-order chi connectivity index (χ1) is 7.79. The zero-order valence-corrected chi connectivity index (χ0v) is 9.69. The fourth-order valence-corrected chi connectivity index (χ4v) is 2.04. The molecule has 4 heteroatoms. The molecule has 0 N–H and O–H groups in total. The van der Waals surface area contributed by atoms with Crippen LogP contribution in [0.4, 0.5) is 0 Å². The van der Waals surface area contributed by atoms with Crippen molar-refractivity contribution < 1.29 is 9.53 Å². The topological polar surface area (TPSA) is 44.1 Å². The average molecular weight is 222 g/mol. The van der Waals surface area contributed by atoms with Gasteiger partial charge >= 0.3 is 0 Å². The number of nitrogens with zero attached hydrogens (tertiary/aromatic N) is 2. The Morgan fingerprint density at radius 2 is 2.25 bits per heavy atom. The summed E-state index contributed by atoms with van der Waals surface area (Å²) in [4.78, 5) is 15.3. The number of hydrogen-bond donors (Lipinski definition) is 0. The van der Waals surface area contributed by atoms with Gasteiger partial charge in [0.05, 0.1) is 6.10 Å². The maximum absolute atomic E-state index is 11.1. The Hall–Kier alpha value is -1.16. The number of ketones is 1. The quantitative estimate of drug-likeness (QED) is 0.782. The number of carbonyl (C=O) groups excluding carboxylic acids is 1. The van der Waals surface area contributed by atoms with Gasteiger partial charge in [0.25, 0.3) is 0 Å². The van der Waals surface area contributed by atoms with Crippen molar-refractivity contribution in [3.63, 3.8) is 0 Å². The lowest BCUT2D eigenvalue weighted by molar-refractivity contribution is -0.123. The molecule has 88 valence electrons. The van der Waals surface area contributed by atoms with Crippen molar-refractivity contribution >= 4 is 5.78 Å². The summed E-state index contributed by atoms with van der Waals surface area (Å²) >= 11 is 0. The molecular formula is C12H18N2O2. The van der Waals surface area contributed by atoms with Crippen LogP contribution in [0.3, 0.4) is 0 Å². The Balaban J connectivity index is 1.81. The summed E-state index contributed by atoms with van der Waals surface area (Å²) in [6.07, 6.45) is 7.08. The van der Waals surface area contributed by atoms with Crippen molar-refractivity contribution in [2.45, 2.75) is 51.9 Å². The van der Waals surface area contributed by atoms with E-state index in [2.05, 4.69) is 16.5 Å². The van der Waals surface area contributed by atoms with Gasteiger partial charge in [-0.2, -0.15) is 0 Å². The molecule has 1 aromatic heterocycles. The second kappa shape index (κ2) is 5.25. The molecule has 2 rings (SSSR count). The van der Waals surface area contributed by atoms with Crippen LogP contribution in [0.15, 0.2) is 12.4 Å². The molecule has 0 spiro atoms. The van der Waals surface area contributed by atoms with Crippen LogP contribution in [0.25, 0.3) is 0 Å². The summed E-state index contributed by atoms with van der Waals surface area (Å²) in [7, 11) is 0. The van der Waals surface area contributed by atoms with Crippen molar-refractivity contribution in [1.29, 1.82) is 0 Å². The van der Waals surface area contributed by atoms with Crippen LogP contribution < -0.4 is 0 Å². The lowest BCUT2D eigenvalue weighted by Gasteiger charge is -2.21. The maximum atomic E-state index is 11.1. The molecule has 0 radical (unpaired) electrons. The number of Topliss-reactive ketones (excluding diaryl/α,β-unsaturated/α-hetero) is 1. The van der Waals surface area contributed by atoms with Gasteiger partial charge in [-0.05, 0) is 19.8 Å². The van der Waals surface area contributed by atoms with Crippen LogP contribution in [-0.2, 0) is 22.7 Å². The van der Waals surface area contributed by atoms with Crippen molar-refractivity contribution in [2.24, 2.45) is 0 Å². The fourth-order valence-electron chi connectivity index (χ4n) is 2.04. The third-order valence-electron chi connectivity index (χ3n) is 3.08. The van der Waals surface area contributed by atoms with Gasteiger partial charge in [-0.15, -0.1) is 0 Å². The third kappa shape index (κ3) is 2.70. The number of rotatable bonds is 4. The van der Waals surface area contributed by atoms with E-state index in [1.807, 2.05) is 6.20 Å². The molecule has 1 saturated carbocycles. The highest BCUT2D eigenvalue weighted by Gasteiger charge is 2.19. The molecule has 16 heavy (non-hydrogen) atoms. The monoisotopic (exact) mass is 222 g/mol. The van der Waals surface area contributed by atoms with Crippen molar-refractivity contribution in [2.75, 3.05) is 0 Å². The van der Waals surface area contributed by atoms with Gasteiger partial charge in [-0.1, -0.05) is 0 Å². The van der Waals surface area contributed by atoms with Crippen LogP contribution in [0.1, 0.15) is 38.4 Å². The van der Waals surface area contributed by atoms with Gasteiger partial charge in [0, 0.05) is 31.8 Å². The molecule has 1 aromatic rings. The number of carbonyl (C=O) groups is 1. The van der Waals surface area contributed by atoms with E-state index in [1.165, 1.54) is 0 Å². The highest BCUT2D eigenvalue weighted by molar-refractivity contribution is 5.79. The summed E-state index contributed by atoms with van der Waals surface area (Å²) in [6, 6.07) is 0. The summed E-state index contributed by atoms with van der Waals surface area (Å²) in [6.45, 7) is 3.56. The van der Waals surface area contributed by atoms with Gasteiger partial charge in [-0.3, -0.25) is 4.79 Å². The van der Waals surface area contributed by atoms with E-state index >= 15 is 0 Å². The van der Waals surface area contributed by atoms with E-state index < -0.39 is 0 Å². The Labute approximate surface area is 95.6 Å². The van der Waals surface area contributed by atoms with E-state index in [4.69, 9.17) is 4.74 Å². The minimum Gasteiger partial charge on any atom is -0.370 e. The Morgan fingerprint density at radius 1 is 1.50 bits per heavy atom. The van der Waals surface area contributed by atoms with E-state index in [-0.39, 0.29) is 6.10 Å². The van der Waals surface area contributed by atoms with Gasteiger partial charge in [0.1, 0.15) is 18.2 Å². The number of imidazole rings is 1. The first kappa shape index (κ1) is 11.3. The van der Waals surface area contributed by atoms with Crippen LogP contribution in [0.5, 0.6) is 0 Å². The molecule has 0 unspecified atom stereocenters. The normalized spacial score (nSPS) is 17.9. The summed E-state index contributed by atoms with van der Waals surface area (Å²) in [5, 5.41) is 0. The van der Waals surface area contributed by atoms with Crippen LogP contribution in [0.2, 0.25) is 0 Å². The smallest absolute Gasteiger partial charge is 0.134 e. The van der Waals surface area contributed by atoms with Gasteiger partial charge < -0.3 is 9.30 Å². The first-order valence-corrected chi connectivity index (χ1v) is 5.93. The highest BCUT2D eigenvalue weighted by atomic mass is 16.5. The zero-order chi connectivity index (χ0) is 11.4. The number of ether oxygens (including phenoxy) is 1. The SMILES string of the molecule is CCn1ccnc1COC1CCC(=O)CC1. The summed E-state index contributed by atoms with van der Waals surface area (Å²) < 4.78 is 7.86. The minimum atomic E-state index is 0.236. The Bertz CT molecular complexity index is 350. The predicted molar refractivity (Wildman–Crippen MR) is 60.0 cm³/mol. The molecule has 1 heterocycles.